The average Bonchev–Trinajstić information content (AvgIpc) is 2.33. The smallest absolute Gasteiger partial charge is 0.305 e. The topological polar surface area (TPSA) is 72.8 Å². The quantitative estimate of drug-likeness (QED) is 0.726. The minimum absolute atomic E-state index is 0.104. The van der Waals surface area contributed by atoms with Crippen LogP contribution in [-0.2, 0) is 19.1 Å². The van der Waals surface area contributed by atoms with Crippen molar-refractivity contribution in [3.8, 4) is 0 Å². The molecule has 0 aromatic heterocycles. The van der Waals surface area contributed by atoms with Gasteiger partial charge in [-0.1, -0.05) is 13.8 Å². The van der Waals surface area contributed by atoms with Gasteiger partial charge in [0.25, 0.3) is 0 Å². The molecule has 0 amide bonds. The Morgan fingerprint density at radius 1 is 1.00 bits per heavy atom. The number of carboxylic acid groups (broad SMARTS) is 1. The summed E-state index contributed by atoms with van der Waals surface area (Å²) in [5, 5.41) is 8.27. The molecule has 0 fully saturated rings. The Labute approximate surface area is 109 Å². The number of hydrogen-bond acceptors (Lipinski definition) is 4. The number of carbonyl (C=O) groups excluding carboxylic acids is 1. The molecule has 5 nitrogen and oxygen atoms in total. The summed E-state index contributed by atoms with van der Waals surface area (Å²) in [5.41, 5.74) is 0. The highest BCUT2D eigenvalue weighted by molar-refractivity contribution is 5.75. The first kappa shape index (κ1) is 19.4. The van der Waals surface area contributed by atoms with Crippen LogP contribution in [0.25, 0.3) is 0 Å². The van der Waals surface area contributed by atoms with Gasteiger partial charge in [0.15, 0.2) is 0 Å². The van der Waals surface area contributed by atoms with Gasteiger partial charge in [0.2, 0.25) is 0 Å². The number of hydrogen-bond donors (Lipinski definition) is 1. The summed E-state index contributed by atoms with van der Waals surface area (Å²) in [6.45, 7) is 5.50. The number of ether oxygens (including phenoxy) is 2. The Bertz CT molecular complexity index is 195. The fraction of sp³-hybridized carbons (Fsp3) is 0.846. The highest BCUT2D eigenvalue weighted by Gasteiger charge is 2.08. The van der Waals surface area contributed by atoms with Crippen molar-refractivity contribution in [3.05, 3.63) is 0 Å². The number of rotatable bonds is 8. The predicted molar refractivity (Wildman–Crippen MR) is 69.7 cm³/mol. The van der Waals surface area contributed by atoms with Gasteiger partial charge in [0.1, 0.15) is 5.78 Å². The van der Waals surface area contributed by atoms with Gasteiger partial charge in [-0.15, -0.1) is 0 Å². The van der Waals surface area contributed by atoms with Gasteiger partial charge in [-0.2, -0.15) is 0 Å². The minimum Gasteiger partial charge on any atom is -0.481 e. The molecule has 0 bridgehead atoms. The van der Waals surface area contributed by atoms with E-state index in [1.54, 1.807) is 14.0 Å². The lowest BCUT2D eigenvalue weighted by atomic mass is 10.1. The van der Waals surface area contributed by atoms with Crippen LogP contribution in [0.4, 0.5) is 0 Å². The molecule has 0 heterocycles. The van der Waals surface area contributed by atoms with Crippen molar-refractivity contribution in [1.82, 2.24) is 0 Å². The number of carbonyl (C=O) groups is 2. The molecule has 2 unspecified atom stereocenters. The van der Waals surface area contributed by atoms with Crippen LogP contribution in [-0.4, -0.2) is 43.3 Å². The zero-order valence-electron chi connectivity index (χ0n) is 12.1. The largest absolute Gasteiger partial charge is 0.481 e. The van der Waals surface area contributed by atoms with E-state index < -0.39 is 5.97 Å². The summed E-state index contributed by atoms with van der Waals surface area (Å²) >= 11 is 0. The standard InChI is InChI=1S/C7H14O2.C6H12O3/c1-4-7(9-3)5-6(2)8;1-3-5(9-2)4-6(7)8/h7H,4-5H2,1-3H3;5H,3-4H2,1-2H3,(H,7,8). The molecule has 0 rings (SSSR count). The van der Waals surface area contributed by atoms with Gasteiger partial charge >= 0.3 is 5.97 Å². The number of carboxylic acids is 1. The van der Waals surface area contributed by atoms with Crippen LogP contribution in [0.15, 0.2) is 0 Å². The summed E-state index contributed by atoms with van der Waals surface area (Å²) in [5.74, 6) is -0.604. The van der Waals surface area contributed by atoms with E-state index in [-0.39, 0.29) is 24.4 Å². The second-order valence-electron chi connectivity index (χ2n) is 4.04. The van der Waals surface area contributed by atoms with Crippen LogP contribution in [0.1, 0.15) is 46.5 Å². The predicted octanol–water partition coefficient (Wildman–Crippen LogP) is 2.28. The molecule has 18 heavy (non-hydrogen) atoms. The molecule has 2 atom stereocenters. The van der Waals surface area contributed by atoms with E-state index in [0.29, 0.717) is 6.42 Å². The molecule has 1 N–H and O–H groups in total. The molecule has 0 radical (unpaired) electrons. The van der Waals surface area contributed by atoms with Crippen molar-refractivity contribution in [2.75, 3.05) is 14.2 Å². The van der Waals surface area contributed by atoms with Crippen LogP contribution in [0, 0.1) is 0 Å². The first-order valence-corrected chi connectivity index (χ1v) is 6.17. The van der Waals surface area contributed by atoms with Crippen molar-refractivity contribution in [1.29, 1.82) is 0 Å². The third-order valence-electron chi connectivity index (χ3n) is 2.49. The zero-order chi connectivity index (χ0) is 14.6. The Morgan fingerprint density at radius 2 is 1.39 bits per heavy atom. The minimum atomic E-state index is -0.802. The first-order valence-electron chi connectivity index (χ1n) is 6.17. The van der Waals surface area contributed by atoms with Crippen LogP contribution >= 0.6 is 0 Å². The van der Waals surface area contributed by atoms with Crippen molar-refractivity contribution in [2.45, 2.75) is 58.7 Å². The molecule has 0 saturated carbocycles. The molecule has 108 valence electrons. The maximum atomic E-state index is 10.5. The summed E-state index contributed by atoms with van der Waals surface area (Å²) in [4.78, 5) is 20.5. The first-order chi connectivity index (χ1) is 8.40. The number of methoxy groups -OCH3 is 2. The maximum Gasteiger partial charge on any atom is 0.305 e. The van der Waals surface area contributed by atoms with E-state index in [2.05, 4.69) is 0 Å². The monoisotopic (exact) mass is 262 g/mol. The second-order valence-corrected chi connectivity index (χ2v) is 4.04. The van der Waals surface area contributed by atoms with E-state index in [1.165, 1.54) is 7.11 Å². The van der Waals surface area contributed by atoms with E-state index in [9.17, 15) is 9.59 Å². The third-order valence-corrected chi connectivity index (χ3v) is 2.49. The third kappa shape index (κ3) is 13.1. The van der Waals surface area contributed by atoms with E-state index in [1.807, 2.05) is 13.8 Å². The maximum absolute atomic E-state index is 10.5. The van der Waals surface area contributed by atoms with Gasteiger partial charge in [-0.05, 0) is 19.8 Å². The van der Waals surface area contributed by atoms with E-state index in [4.69, 9.17) is 14.6 Å². The van der Waals surface area contributed by atoms with Crippen LogP contribution in [0.3, 0.4) is 0 Å². The van der Waals surface area contributed by atoms with Crippen molar-refractivity contribution in [2.24, 2.45) is 0 Å². The lowest BCUT2D eigenvalue weighted by Crippen LogP contribution is -2.14. The van der Waals surface area contributed by atoms with Gasteiger partial charge in [-0.25, -0.2) is 0 Å². The molecular weight excluding hydrogens is 236 g/mol. The molecule has 0 saturated heterocycles. The van der Waals surface area contributed by atoms with Gasteiger partial charge in [0.05, 0.1) is 18.6 Å². The average molecular weight is 262 g/mol. The van der Waals surface area contributed by atoms with Crippen LogP contribution in [0.2, 0.25) is 0 Å². The fourth-order valence-corrected chi connectivity index (χ4v) is 1.30. The normalized spacial score (nSPS) is 13.2. The Balaban J connectivity index is 0. The van der Waals surface area contributed by atoms with Crippen LogP contribution in [0.5, 0.6) is 0 Å². The SMILES string of the molecule is CCC(CC(=O)O)OC.CCC(CC(C)=O)OC. The Morgan fingerprint density at radius 3 is 1.50 bits per heavy atom. The highest BCUT2D eigenvalue weighted by atomic mass is 16.5. The molecule has 0 aliphatic carbocycles. The Hall–Kier alpha value is -0.940. The summed E-state index contributed by atoms with van der Waals surface area (Å²) in [7, 11) is 3.16. The van der Waals surface area contributed by atoms with E-state index >= 15 is 0 Å². The lowest BCUT2D eigenvalue weighted by Gasteiger charge is -2.08. The van der Waals surface area contributed by atoms with Crippen molar-refractivity contribution < 1.29 is 24.2 Å². The lowest BCUT2D eigenvalue weighted by molar-refractivity contribution is -0.139. The molecular formula is C13H26O5. The summed E-state index contributed by atoms with van der Waals surface area (Å²) in [6, 6.07) is 0. The van der Waals surface area contributed by atoms with Crippen LogP contribution < -0.4 is 0 Å². The van der Waals surface area contributed by atoms with Gasteiger partial charge < -0.3 is 14.6 Å². The fourth-order valence-electron chi connectivity index (χ4n) is 1.30. The molecule has 0 aromatic rings. The number of Topliss-reactive ketones (excluding diaryl/α,β-unsaturated/α-hetero) is 1. The molecule has 5 heteroatoms. The number of ketones is 1. The van der Waals surface area contributed by atoms with Crippen molar-refractivity contribution >= 4 is 11.8 Å². The zero-order valence-corrected chi connectivity index (χ0v) is 12.1. The summed E-state index contributed by atoms with van der Waals surface area (Å²) < 4.78 is 9.82. The van der Waals surface area contributed by atoms with Gasteiger partial charge in [-0.3, -0.25) is 9.59 Å². The molecule has 0 aliphatic heterocycles. The van der Waals surface area contributed by atoms with E-state index in [0.717, 1.165) is 12.8 Å². The Kier molecular flexibility index (Phi) is 13.5. The number of aliphatic carboxylic acids is 1. The molecule has 0 aliphatic rings. The van der Waals surface area contributed by atoms with Gasteiger partial charge in [0, 0.05) is 20.6 Å². The second kappa shape index (κ2) is 12.5. The summed E-state index contributed by atoms with van der Waals surface area (Å²) in [6.07, 6.45) is 2.32. The molecule has 0 aromatic carbocycles. The highest BCUT2D eigenvalue weighted by Crippen LogP contribution is 2.01. The van der Waals surface area contributed by atoms with Crippen molar-refractivity contribution in [3.63, 3.8) is 0 Å². The molecule has 0 spiro atoms.